The molecule has 1 saturated carbocycles. The molecule has 0 spiro atoms. The molecule has 0 unspecified atom stereocenters. The van der Waals surface area contributed by atoms with Gasteiger partial charge in [0.25, 0.3) is 0 Å². The second-order valence-electron chi connectivity index (χ2n) is 8.10. The smallest absolute Gasteiger partial charge is 0.213 e. The number of pyridine rings is 2. The zero-order valence-electron chi connectivity index (χ0n) is 18.7. The number of nitrogens with one attached hydrogen (secondary N) is 2. The highest BCUT2D eigenvalue weighted by Gasteiger charge is 2.19. The summed E-state index contributed by atoms with van der Waals surface area (Å²) in [5, 5.41) is 15.1. The average Bonchev–Trinajstić information content (AvgIpc) is 3.21. The van der Waals surface area contributed by atoms with Crippen molar-refractivity contribution in [1.82, 2.24) is 30.2 Å². The normalized spacial score (nSPS) is 18.8. The van der Waals surface area contributed by atoms with Crippen LogP contribution >= 0.6 is 24.0 Å². The van der Waals surface area contributed by atoms with Crippen molar-refractivity contribution in [3.63, 3.8) is 0 Å². The minimum Gasteiger partial charge on any atom is -0.474 e. The number of ether oxygens (including phenoxy) is 1. The minimum absolute atomic E-state index is 0. The molecule has 32 heavy (non-hydrogen) atoms. The van der Waals surface area contributed by atoms with Crippen LogP contribution in [0.4, 0.5) is 0 Å². The predicted octanol–water partition coefficient (Wildman–Crippen LogP) is 3.96. The average molecular weight is 549 g/mol. The van der Waals surface area contributed by atoms with Gasteiger partial charge in [0.05, 0.1) is 13.1 Å². The first-order chi connectivity index (χ1) is 15.2. The fourth-order valence-electron chi connectivity index (χ4n) is 3.82. The molecule has 0 radical (unpaired) electrons. The van der Waals surface area contributed by atoms with E-state index in [4.69, 9.17) is 9.73 Å². The Bertz CT molecular complexity index is 1010. The highest BCUT2D eigenvalue weighted by Crippen LogP contribution is 2.26. The number of fused-ring (bicyclic) bond motifs is 1. The van der Waals surface area contributed by atoms with Crippen LogP contribution < -0.4 is 15.4 Å². The molecule has 9 heteroatoms. The van der Waals surface area contributed by atoms with E-state index in [1.807, 2.05) is 47.9 Å². The van der Waals surface area contributed by atoms with Gasteiger partial charge in [-0.3, -0.25) is 4.40 Å². The van der Waals surface area contributed by atoms with E-state index in [2.05, 4.69) is 32.7 Å². The zero-order chi connectivity index (χ0) is 21.5. The minimum atomic E-state index is 0. The number of halogens is 1. The lowest BCUT2D eigenvalue weighted by atomic mass is 9.89. The van der Waals surface area contributed by atoms with E-state index in [1.165, 1.54) is 12.8 Å². The first-order valence-corrected chi connectivity index (χ1v) is 11.1. The molecule has 0 saturated heterocycles. The van der Waals surface area contributed by atoms with E-state index in [-0.39, 0.29) is 30.1 Å². The van der Waals surface area contributed by atoms with E-state index in [0.717, 1.165) is 48.3 Å². The molecule has 3 aromatic heterocycles. The number of hydrogen-bond donors (Lipinski definition) is 2. The monoisotopic (exact) mass is 549 g/mol. The summed E-state index contributed by atoms with van der Waals surface area (Å²) in [5.41, 5.74) is 1.90. The van der Waals surface area contributed by atoms with Crippen molar-refractivity contribution >= 4 is 35.6 Å². The quantitative estimate of drug-likeness (QED) is 0.264. The lowest BCUT2D eigenvalue weighted by Gasteiger charge is -2.26. The van der Waals surface area contributed by atoms with E-state index < -0.39 is 0 Å². The molecule has 1 fully saturated rings. The summed E-state index contributed by atoms with van der Waals surface area (Å²) in [7, 11) is 0. The molecule has 3 heterocycles. The van der Waals surface area contributed by atoms with Crippen molar-refractivity contribution in [2.45, 2.75) is 58.7 Å². The van der Waals surface area contributed by atoms with Gasteiger partial charge in [-0.25, -0.2) is 9.98 Å². The van der Waals surface area contributed by atoms with Gasteiger partial charge in [0.15, 0.2) is 17.4 Å². The van der Waals surface area contributed by atoms with Crippen LogP contribution in [0.25, 0.3) is 5.65 Å². The lowest BCUT2D eigenvalue weighted by Crippen LogP contribution is -2.37. The Labute approximate surface area is 206 Å². The van der Waals surface area contributed by atoms with Gasteiger partial charge >= 0.3 is 0 Å². The summed E-state index contributed by atoms with van der Waals surface area (Å²) in [5.74, 6) is 3.07. The second kappa shape index (κ2) is 12.0. The van der Waals surface area contributed by atoms with Gasteiger partial charge in [0.1, 0.15) is 6.10 Å². The number of aromatic nitrogens is 4. The summed E-state index contributed by atoms with van der Waals surface area (Å²) in [6.45, 7) is 6.21. The molecule has 4 rings (SSSR count). The maximum Gasteiger partial charge on any atom is 0.213 e. The molecular weight excluding hydrogens is 517 g/mol. The highest BCUT2D eigenvalue weighted by molar-refractivity contribution is 14.0. The molecule has 1 aliphatic carbocycles. The van der Waals surface area contributed by atoms with Gasteiger partial charge in [-0.05, 0) is 62.3 Å². The van der Waals surface area contributed by atoms with Crippen molar-refractivity contribution in [2.75, 3.05) is 6.54 Å². The van der Waals surface area contributed by atoms with Crippen LogP contribution in [0.15, 0.2) is 47.7 Å². The Balaban J connectivity index is 0.00000289. The van der Waals surface area contributed by atoms with Crippen molar-refractivity contribution < 1.29 is 4.74 Å². The van der Waals surface area contributed by atoms with Crippen molar-refractivity contribution in [1.29, 1.82) is 0 Å². The molecular formula is C23H32IN7O. The van der Waals surface area contributed by atoms with E-state index in [9.17, 15) is 0 Å². The van der Waals surface area contributed by atoms with E-state index in [0.29, 0.717) is 19.0 Å². The number of aliphatic imine (C=N–C) groups is 1. The van der Waals surface area contributed by atoms with Crippen molar-refractivity contribution in [2.24, 2.45) is 10.9 Å². The Kier molecular flexibility index (Phi) is 9.07. The number of nitrogens with zero attached hydrogens (tertiary/aromatic N) is 5. The summed E-state index contributed by atoms with van der Waals surface area (Å²) in [6.07, 6.45) is 8.71. The van der Waals surface area contributed by atoms with Crippen LogP contribution in [0.5, 0.6) is 5.88 Å². The third kappa shape index (κ3) is 6.54. The SMILES string of the molecule is CCNC(=NCc1ccnc(OC2CCC(C)CC2)c1)NCc1nnc2ccccn12.I. The molecule has 2 N–H and O–H groups in total. The second-order valence-corrected chi connectivity index (χ2v) is 8.10. The molecule has 172 valence electrons. The van der Waals surface area contributed by atoms with Crippen LogP contribution in [0.2, 0.25) is 0 Å². The van der Waals surface area contributed by atoms with Crippen molar-refractivity contribution in [3.8, 4) is 5.88 Å². The molecule has 0 bridgehead atoms. The Hall–Kier alpha value is -2.43. The van der Waals surface area contributed by atoms with Crippen LogP contribution in [-0.2, 0) is 13.1 Å². The molecule has 0 aliphatic heterocycles. The number of guanidine groups is 1. The zero-order valence-corrected chi connectivity index (χ0v) is 21.0. The summed E-state index contributed by atoms with van der Waals surface area (Å²) >= 11 is 0. The number of rotatable bonds is 7. The fourth-order valence-corrected chi connectivity index (χ4v) is 3.82. The Morgan fingerprint density at radius 3 is 2.81 bits per heavy atom. The molecule has 1 aliphatic rings. The summed E-state index contributed by atoms with van der Waals surface area (Å²) < 4.78 is 8.09. The third-order valence-corrected chi connectivity index (χ3v) is 5.61. The third-order valence-electron chi connectivity index (χ3n) is 5.61. The van der Waals surface area contributed by atoms with Gasteiger partial charge < -0.3 is 15.4 Å². The molecule has 0 amide bonds. The maximum atomic E-state index is 6.13. The molecule has 0 aromatic carbocycles. The van der Waals surface area contributed by atoms with Gasteiger partial charge in [0.2, 0.25) is 5.88 Å². The Morgan fingerprint density at radius 2 is 2.00 bits per heavy atom. The molecule has 0 atom stereocenters. The summed E-state index contributed by atoms with van der Waals surface area (Å²) in [4.78, 5) is 9.11. The van der Waals surface area contributed by atoms with E-state index >= 15 is 0 Å². The van der Waals surface area contributed by atoms with Gasteiger partial charge in [-0.15, -0.1) is 34.2 Å². The Morgan fingerprint density at radius 1 is 1.16 bits per heavy atom. The molecule has 3 aromatic rings. The maximum absolute atomic E-state index is 6.13. The number of hydrogen-bond acceptors (Lipinski definition) is 5. The topological polar surface area (TPSA) is 88.7 Å². The van der Waals surface area contributed by atoms with E-state index in [1.54, 1.807) is 6.20 Å². The first-order valence-electron chi connectivity index (χ1n) is 11.1. The highest BCUT2D eigenvalue weighted by atomic mass is 127. The van der Waals surface area contributed by atoms with Crippen LogP contribution in [0.3, 0.4) is 0 Å². The largest absolute Gasteiger partial charge is 0.474 e. The first kappa shape index (κ1) is 24.2. The van der Waals surface area contributed by atoms with Gasteiger partial charge in [-0.2, -0.15) is 0 Å². The fraction of sp³-hybridized carbons (Fsp3) is 0.478. The lowest BCUT2D eigenvalue weighted by molar-refractivity contribution is 0.130. The van der Waals surface area contributed by atoms with Crippen molar-refractivity contribution in [3.05, 3.63) is 54.1 Å². The standard InChI is InChI=1S/C23H31N7O.HI/c1-3-24-23(27-16-21-29-28-20-6-4-5-13-30(20)21)26-15-18-11-12-25-22(14-18)31-19-9-7-17(2)8-10-19;/h4-6,11-14,17,19H,3,7-10,15-16H2,1-2H3,(H2,24,26,27);1H. The van der Waals surface area contributed by atoms with Crippen LogP contribution in [0, 0.1) is 5.92 Å². The molecule has 8 nitrogen and oxygen atoms in total. The van der Waals surface area contributed by atoms with Crippen LogP contribution in [-0.4, -0.2) is 38.2 Å². The van der Waals surface area contributed by atoms with Gasteiger partial charge in [0, 0.05) is 25.0 Å². The predicted molar refractivity (Wildman–Crippen MR) is 136 cm³/mol. The van der Waals surface area contributed by atoms with Crippen LogP contribution in [0.1, 0.15) is 50.9 Å². The van der Waals surface area contributed by atoms with Gasteiger partial charge in [-0.1, -0.05) is 13.0 Å². The summed E-state index contributed by atoms with van der Waals surface area (Å²) in [6, 6.07) is 9.84.